The van der Waals surface area contributed by atoms with Crippen molar-refractivity contribution in [3.63, 3.8) is 0 Å². The number of hydrogen-bond acceptors (Lipinski definition) is 2. The van der Waals surface area contributed by atoms with E-state index in [2.05, 4.69) is 6.58 Å². The molecule has 0 fully saturated rings. The minimum Gasteiger partial charge on any atom is -0.497 e. The maximum Gasteiger partial charge on any atom is 0.121 e. The molecule has 0 saturated carbocycles. The van der Waals surface area contributed by atoms with E-state index in [0.717, 1.165) is 11.3 Å². The standard InChI is InChI=1S/C11H15NO/c1-9(13-4)10-7-5-6-8-11(10)12(2)3/h5-8H,1H2,2-4H3. The molecule has 2 nitrogen and oxygen atoms in total. The summed E-state index contributed by atoms with van der Waals surface area (Å²) in [5, 5.41) is 0. The van der Waals surface area contributed by atoms with Gasteiger partial charge in [0.15, 0.2) is 0 Å². The van der Waals surface area contributed by atoms with Crippen molar-refractivity contribution < 1.29 is 4.74 Å². The number of rotatable bonds is 3. The van der Waals surface area contributed by atoms with E-state index in [1.54, 1.807) is 7.11 Å². The highest BCUT2D eigenvalue weighted by Gasteiger charge is 2.06. The van der Waals surface area contributed by atoms with E-state index in [4.69, 9.17) is 4.74 Å². The third-order valence-corrected chi connectivity index (χ3v) is 1.93. The molecule has 0 radical (unpaired) electrons. The van der Waals surface area contributed by atoms with Crippen molar-refractivity contribution in [2.75, 3.05) is 26.1 Å². The first-order valence-electron chi connectivity index (χ1n) is 4.16. The Morgan fingerprint density at radius 3 is 2.46 bits per heavy atom. The molecular formula is C11H15NO. The monoisotopic (exact) mass is 177 g/mol. The summed E-state index contributed by atoms with van der Waals surface area (Å²) in [5.74, 6) is 0.698. The minimum atomic E-state index is 0.698. The van der Waals surface area contributed by atoms with Crippen LogP contribution in [0.1, 0.15) is 5.56 Å². The van der Waals surface area contributed by atoms with Gasteiger partial charge in [-0.15, -0.1) is 0 Å². The van der Waals surface area contributed by atoms with Crippen LogP contribution in [0.25, 0.3) is 5.76 Å². The normalized spacial score (nSPS) is 9.46. The van der Waals surface area contributed by atoms with E-state index < -0.39 is 0 Å². The number of ether oxygens (including phenoxy) is 1. The van der Waals surface area contributed by atoms with E-state index in [0.29, 0.717) is 5.76 Å². The smallest absolute Gasteiger partial charge is 0.121 e. The zero-order chi connectivity index (χ0) is 9.84. The van der Waals surface area contributed by atoms with Crippen molar-refractivity contribution in [2.24, 2.45) is 0 Å². The van der Waals surface area contributed by atoms with Gasteiger partial charge in [-0.25, -0.2) is 0 Å². The van der Waals surface area contributed by atoms with Crippen LogP contribution in [0, 0.1) is 0 Å². The summed E-state index contributed by atoms with van der Waals surface area (Å²) in [4.78, 5) is 2.04. The summed E-state index contributed by atoms with van der Waals surface area (Å²) in [6, 6.07) is 8.02. The highest BCUT2D eigenvalue weighted by atomic mass is 16.5. The summed E-state index contributed by atoms with van der Waals surface area (Å²) < 4.78 is 5.11. The van der Waals surface area contributed by atoms with Gasteiger partial charge in [0.2, 0.25) is 0 Å². The Labute approximate surface area is 79.4 Å². The third kappa shape index (κ3) is 2.02. The Kier molecular flexibility index (Phi) is 2.96. The molecule has 1 aromatic carbocycles. The van der Waals surface area contributed by atoms with E-state index in [9.17, 15) is 0 Å². The number of para-hydroxylation sites is 1. The number of benzene rings is 1. The number of methoxy groups -OCH3 is 1. The van der Waals surface area contributed by atoms with Crippen LogP contribution in [-0.2, 0) is 4.74 Å². The molecule has 0 aliphatic rings. The predicted molar refractivity (Wildman–Crippen MR) is 56.8 cm³/mol. The molecule has 0 atom stereocenters. The molecule has 0 amide bonds. The van der Waals surface area contributed by atoms with Gasteiger partial charge in [0.05, 0.1) is 7.11 Å². The first-order valence-corrected chi connectivity index (χ1v) is 4.16. The van der Waals surface area contributed by atoms with Gasteiger partial charge in [-0.1, -0.05) is 18.7 Å². The molecule has 2 heteroatoms. The molecule has 70 valence electrons. The van der Waals surface area contributed by atoms with Crippen molar-refractivity contribution in [2.45, 2.75) is 0 Å². The fourth-order valence-electron chi connectivity index (χ4n) is 1.21. The second-order valence-corrected chi connectivity index (χ2v) is 3.04. The molecule has 1 rings (SSSR count). The van der Waals surface area contributed by atoms with Gasteiger partial charge < -0.3 is 9.64 Å². The van der Waals surface area contributed by atoms with E-state index in [1.165, 1.54) is 0 Å². The molecule has 1 aromatic rings. The van der Waals surface area contributed by atoms with E-state index >= 15 is 0 Å². The van der Waals surface area contributed by atoms with Crippen LogP contribution in [-0.4, -0.2) is 21.2 Å². The SMILES string of the molecule is C=C(OC)c1ccccc1N(C)C. The molecule has 0 N–H and O–H groups in total. The lowest BCUT2D eigenvalue weighted by molar-refractivity contribution is 0.371. The van der Waals surface area contributed by atoms with Crippen LogP contribution in [0.3, 0.4) is 0 Å². The molecule has 0 aromatic heterocycles. The molecular weight excluding hydrogens is 162 g/mol. The maximum atomic E-state index is 5.11. The lowest BCUT2D eigenvalue weighted by Crippen LogP contribution is -2.10. The van der Waals surface area contributed by atoms with E-state index in [1.807, 2.05) is 43.3 Å². The second-order valence-electron chi connectivity index (χ2n) is 3.04. The highest BCUT2D eigenvalue weighted by Crippen LogP contribution is 2.24. The van der Waals surface area contributed by atoms with Gasteiger partial charge in [0.1, 0.15) is 5.76 Å². The van der Waals surface area contributed by atoms with Gasteiger partial charge in [0.25, 0.3) is 0 Å². The van der Waals surface area contributed by atoms with Gasteiger partial charge in [-0.2, -0.15) is 0 Å². The summed E-state index contributed by atoms with van der Waals surface area (Å²) in [6.07, 6.45) is 0. The van der Waals surface area contributed by atoms with E-state index in [-0.39, 0.29) is 0 Å². The van der Waals surface area contributed by atoms with Gasteiger partial charge in [0, 0.05) is 25.3 Å². The highest BCUT2D eigenvalue weighted by molar-refractivity contribution is 5.71. The van der Waals surface area contributed by atoms with Gasteiger partial charge >= 0.3 is 0 Å². The second kappa shape index (κ2) is 3.99. The minimum absolute atomic E-state index is 0.698. The van der Waals surface area contributed by atoms with Crippen molar-refractivity contribution in [3.05, 3.63) is 36.4 Å². The topological polar surface area (TPSA) is 12.5 Å². The molecule has 13 heavy (non-hydrogen) atoms. The van der Waals surface area contributed by atoms with Crippen LogP contribution in [0.4, 0.5) is 5.69 Å². The Bertz CT molecular complexity index is 305. The zero-order valence-corrected chi connectivity index (χ0v) is 8.37. The Morgan fingerprint density at radius 1 is 1.31 bits per heavy atom. The van der Waals surface area contributed by atoms with Crippen molar-refractivity contribution >= 4 is 11.4 Å². The van der Waals surface area contributed by atoms with Gasteiger partial charge in [-0.3, -0.25) is 0 Å². The largest absolute Gasteiger partial charge is 0.497 e. The third-order valence-electron chi connectivity index (χ3n) is 1.93. The van der Waals surface area contributed by atoms with Crippen LogP contribution in [0.2, 0.25) is 0 Å². The van der Waals surface area contributed by atoms with Crippen LogP contribution >= 0.6 is 0 Å². The molecule has 0 unspecified atom stereocenters. The molecule has 0 heterocycles. The summed E-state index contributed by atoms with van der Waals surface area (Å²) in [5.41, 5.74) is 2.16. The Morgan fingerprint density at radius 2 is 1.92 bits per heavy atom. The van der Waals surface area contributed by atoms with Crippen molar-refractivity contribution in [1.29, 1.82) is 0 Å². The molecule has 0 saturated heterocycles. The average Bonchev–Trinajstić information content (AvgIpc) is 2.16. The first kappa shape index (κ1) is 9.65. The fraction of sp³-hybridized carbons (Fsp3) is 0.273. The Hall–Kier alpha value is -1.44. The maximum absolute atomic E-state index is 5.11. The van der Waals surface area contributed by atoms with Gasteiger partial charge in [-0.05, 0) is 12.1 Å². The molecule has 0 bridgehead atoms. The number of nitrogens with zero attached hydrogens (tertiary/aromatic N) is 1. The zero-order valence-electron chi connectivity index (χ0n) is 8.37. The quantitative estimate of drug-likeness (QED) is 0.657. The average molecular weight is 177 g/mol. The van der Waals surface area contributed by atoms with Crippen LogP contribution in [0.15, 0.2) is 30.8 Å². The lowest BCUT2D eigenvalue weighted by atomic mass is 10.1. The van der Waals surface area contributed by atoms with Crippen LogP contribution < -0.4 is 4.90 Å². The van der Waals surface area contributed by atoms with Crippen molar-refractivity contribution in [3.8, 4) is 0 Å². The number of anilines is 1. The van der Waals surface area contributed by atoms with Crippen molar-refractivity contribution in [1.82, 2.24) is 0 Å². The summed E-state index contributed by atoms with van der Waals surface area (Å²) in [7, 11) is 5.64. The fourth-order valence-corrected chi connectivity index (χ4v) is 1.21. The first-order chi connectivity index (χ1) is 6.16. The number of hydrogen-bond donors (Lipinski definition) is 0. The molecule has 0 spiro atoms. The predicted octanol–water partition coefficient (Wildman–Crippen LogP) is 2.37. The summed E-state index contributed by atoms with van der Waals surface area (Å²) in [6.45, 7) is 3.84. The Balaban J connectivity index is 3.12. The lowest BCUT2D eigenvalue weighted by Gasteiger charge is -2.17. The van der Waals surface area contributed by atoms with Crippen LogP contribution in [0.5, 0.6) is 0 Å². The molecule has 0 aliphatic carbocycles. The molecule has 0 aliphatic heterocycles. The summed E-state index contributed by atoms with van der Waals surface area (Å²) >= 11 is 0.